The third kappa shape index (κ3) is 2.84. The van der Waals surface area contributed by atoms with Crippen LogP contribution in [0.3, 0.4) is 0 Å². The third-order valence-corrected chi connectivity index (χ3v) is 5.03. The number of hydrogen-bond acceptors (Lipinski definition) is 3. The van der Waals surface area contributed by atoms with E-state index < -0.39 is 11.4 Å². The van der Waals surface area contributed by atoms with Crippen LogP contribution in [-0.2, 0) is 9.59 Å². The molecule has 0 saturated carbocycles. The molecule has 1 atom stereocenters. The SMILES string of the molecule is CCC1(NC(=O)c2cc3c(C)cc(Br)cc3[nH]2)CCC(=O)NC1=O. The number of benzene rings is 1. The van der Waals surface area contributed by atoms with Crippen molar-refractivity contribution >= 4 is 44.6 Å². The average molecular weight is 392 g/mol. The van der Waals surface area contributed by atoms with Gasteiger partial charge in [0.15, 0.2) is 0 Å². The van der Waals surface area contributed by atoms with E-state index in [-0.39, 0.29) is 18.2 Å². The molecule has 126 valence electrons. The zero-order valence-corrected chi connectivity index (χ0v) is 15.0. The van der Waals surface area contributed by atoms with Gasteiger partial charge >= 0.3 is 0 Å². The maximum atomic E-state index is 12.7. The molecule has 2 aromatic rings. The van der Waals surface area contributed by atoms with Crippen molar-refractivity contribution in [3.63, 3.8) is 0 Å². The molecule has 0 radical (unpaired) electrons. The van der Waals surface area contributed by atoms with Gasteiger partial charge in [0.05, 0.1) is 0 Å². The van der Waals surface area contributed by atoms with E-state index >= 15 is 0 Å². The summed E-state index contributed by atoms with van der Waals surface area (Å²) in [6.45, 7) is 3.79. The van der Waals surface area contributed by atoms with E-state index in [2.05, 4.69) is 31.5 Å². The Balaban J connectivity index is 1.90. The predicted molar refractivity (Wildman–Crippen MR) is 93.6 cm³/mol. The van der Waals surface area contributed by atoms with Crippen molar-refractivity contribution in [3.05, 3.63) is 33.9 Å². The first-order valence-corrected chi connectivity index (χ1v) is 8.59. The number of hydrogen-bond donors (Lipinski definition) is 3. The first-order chi connectivity index (χ1) is 11.3. The molecule has 6 nitrogen and oxygen atoms in total. The van der Waals surface area contributed by atoms with Crippen molar-refractivity contribution in [2.24, 2.45) is 0 Å². The van der Waals surface area contributed by atoms with Gasteiger partial charge in [0.1, 0.15) is 11.2 Å². The molecule has 3 amide bonds. The van der Waals surface area contributed by atoms with Crippen LogP contribution in [0.15, 0.2) is 22.7 Å². The van der Waals surface area contributed by atoms with Gasteiger partial charge in [-0.1, -0.05) is 22.9 Å². The molecule has 0 aliphatic carbocycles. The molecule has 1 saturated heterocycles. The summed E-state index contributed by atoms with van der Waals surface area (Å²) in [5, 5.41) is 6.09. The number of H-pyrrole nitrogens is 1. The number of rotatable bonds is 3. The van der Waals surface area contributed by atoms with Gasteiger partial charge in [-0.25, -0.2) is 0 Å². The van der Waals surface area contributed by atoms with Gasteiger partial charge in [-0.05, 0) is 43.5 Å². The number of aryl methyl sites for hydroxylation is 1. The number of nitrogens with one attached hydrogen (secondary N) is 3. The van der Waals surface area contributed by atoms with E-state index in [9.17, 15) is 14.4 Å². The molecule has 1 aromatic heterocycles. The van der Waals surface area contributed by atoms with Crippen molar-refractivity contribution in [1.82, 2.24) is 15.6 Å². The minimum Gasteiger partial charge on any atom is -0.350 e. The van der Waals surface area contributed by atoms with E-state index in [1.807, 2.05) is 26.0 Å². The largest absolute Gasteiger partial charge is 0.350 e. The van der Waals surface area contributed by atoms with Crippen LogP contribution < -0.4 is 10.6 Å². The number of carbonyl (C=O) groups excluding carboxylic acids is 3. The molecule has 3 N–H and O–H groups in total. The summed E-state index contributed by atoms with van der Waals surface area (Å²) in [6.07, 6.45) is 0.950. The Labute approximate surface area is 147 Å². The van der Waals surface area contributed by atoms with E-state index in [0.717, 1.165) is 20.9 Å². The maximum absolute atomic E-state index is 12.7. The molecule has 1 unspecified atom stereocenters. The van der Waals surface area contributed by atoms with Crippen LogP contribution in [0.5, 0.6) is 0 Å². The summed E-state index contributed by atoms with van der Waals surface area (Å²) in [7, 11) is 0. The second-order valence-electron chi connectivity index (χ2n) is 6.13. The second kappa shape index (κ2) is 6.05. The zero-order valence-electron chi connectivity index (χ0n) is 13.5. The lowest BCUT2D eigenvalue weighted by molar-refractivity contribution is -0.138. The summed E-state index contributed by atoms with van der Waals surface area (Å²) < 4.78 is 0.927. The van der Waals surface area contributed by atoms with Gasteiger partial charge in [-0.15, -0.1) is 0 Å². The van der Waals surface area contributed by atoms with Crippen molar-refractivity contribution in [1.29, 1.82) is 0 Å². The van der Waals surface area contributed by atoms with Gasteiger partial charge in [0, 0.05) is 21.8 Å². The van der Waals surface area contributed by atoms with E-state index in [1.165, 1.54) is 0 Å². The molecule has 0 bridgehead atoms. The van der Waals surface area contributed by atoms with Crippen molar-refractivity contribution in [2.75, 3.05) is 0 Å². The third-order valence-electron chi connectivity index (χ3n) is 4.58. The lowest BCUT2D eigenvalue weighted by Gasteiger charge is -2.35. The van der Waals surface area contributed by atoms with Crippen molar-refractivity contribution < 1.29 is 14.4 Å². The van der Waals surface area contributed by atoms with Gasteiger partial charge in [-0.3, -0.25) is 19.7 Å². The van der Waals surface area contributed by atoms with Crippen molar-refractivity contribution in [3.8, 4) is 0 Å². The number of piperidine rings is 1. The Hall–Kier alpha value is -2.15. The predicted octanol–water partition coefficient (Wildman–Crippen LogP) is 2.55. The van der Waals surface area contributed by atoms with Crippen LogP contribution in [-0.4, -0.2) is 28.2 Å². The number of amides is 3. The Bertz CT molecular complexity index is 858. The Morgan fingerprint density at radius 1 is 1.33 bits per heavy atom. The fraction of sp³-hybridized carbons (Fsp3) is 0.353. The first kappa shape index (κ1) is 16.7. The Morgan fingerprint density at radius 2 is 2.08 bits per heavy atom. The fourth-order valence-corrected chi connectivity index (χ4v) is 3.65. The number of halogens is 1. The summed E-state index contributed by atoms with van der Waals surface area (Å²) in [6, 6.07) is 5.66. The number of aromatic nitrogens is 1. The summed E-state index contributed by atoms with van der Waals surface area (Å²) >= 11 is 3.44. The normalized spacial score (nSPS) is 21.0. The standard InChI is InChI=1S/C17H18BrN3O3/c1-3-17(5-4-14(22)20-16(17)24)21-15(23)13-8-11-9(2)6-10(18)7-12(11)19-13/h6-8,19H,3-5H2,1-2H3,(H,21,23)(H,20,22,24). The molecule has 2 heterocycles. The number of carbonyl (C=O) groups is 3. The summed E-state index contributed by atoms with van der Waals surface area (Å²) in [5.41, 5.74) is 1.24. The van der Waals surface area contributed by atoms with Crippen molar-refractivity contribution in [2.45, 2.75) is 38.6 Å². The molecule has 1 fully saturated rings. The van der Waals surface area contributed by atoms with Crippen LogP contribution >= 0.6 is 15.9 Å². The monoisotopic (exact) mass is 391 g/mol. The molecule has 0 spiro atoms. The van der Waals surface area contributed by atoms with Crippen LogP contribution in [0.25, 0.3) is 10.9 Å². The molecule has 3 rings (SSSR count). The first-order valence-electron chi connectivity index (χ1n) is 7.80. The quantitative estimate of drug-likeness (QED) is 0.702. The highest BCUT2D eigenvalue weighted by Gasteiger charge is 2.42. The van der Waals surface area contributed by atoms with Crippen LogP contribution in [0.1, 0.15) is 42.2 Å². The van der Waals surface area contributed by atoms with Gasteiger partial charge in [0.25, 0.3) is 11.8 Å². The van der Waals surface area contributed by atoms with Crippen LogP contribution in [0.4, 0.5) is 0 Å². The minimum absolute atomic E-state index is 0.221. The highest BCUT2D eigenvalue weighted by atomic mass is 79.9. The highest BCUT2D eigenvalue weighted by molar-refractivity contribution is 9.10. The van der Waals surface area contributed by atoms with Gasteiger partial charge in [-0.2, -0.15) is 0 Å². The second-order valence-corrected chi connectivity index (χ2v) is 7.05. The minimum atomic E-state index is -1.04. The molecule has 1 aliphatic heterocycles. The van der Waals surface area contributed by atoms with E-state index in [1.54, 1.807) is 6.07 Å². The topological polar surface area (TPSA) is 91.1 Å². The molecular weight excluding hydrogens is 374 g/mol. The molecular formula is C17H18BrN3O3. The molecule has 24 heavy (non-hydrogen) atoms. The number of imide groups is 1. The van der Waals surface area contributed by atoms with E-state index in [4.69, 9.17) is 0 Å². The molecule has 7 heteroatoms. The van der Waals surface area contributed by atoms with Crippen LogP contribution in [0, 0.1) is 6.92 Å². The summed E-state index contributed by atoms with van der Waals surface area (Å²) in [5.74, 6) is -1.10. The average Bonchev–Trinajstić information content (AvgIpc) is 2.94. The number of aromatic amines is 1. The lowest BCUT2D eigenvalue weighted by atomic mass is 9.86. The highest BCUT2D eigenvalue weighted by Crippen LogP contribution is 2.26. The smallest absolute Gasteiger partial charge is 0.268 e. The lowest BCUT2D eigenvalue weighted by Crippen LogP contribution is -2.62. The van der Waals surface area contributed by atoms with E-state index in [0.29, 0.717) is 18.5 Å². The zero-order chi connectivity index (χ0) is 17.5. The number of fused-ring (bicyclic) bond motifs is 1. The molecule has 1 aromatic carbocycles. The van der Waals surface area contributed by atoms with Crippen LogP contribution in [0.2, 0.25) is 0 Å². The van der Waals surface area contributed by atoms with Gasteiger partial charge in [0.2, 0.25) is 5.91 Å². The molecule has 1 aliphatic rings. The fourth-order valence-electron chi connectivity index (χ4n) is 3.08. The maximum Gasteiger partial charge on any atom is 0.268 e. The Kier molecular flexibility index (Phi) is 4.21. The summed E-state index contributed by atoms with van der Waals surface area (Å²) in [4.78, 5) is 39.3. The Morgan fingerprint density at radius 3 is 2.75 bits per heavy atom. The van der Waals surface area contributed by atoms with Gasteiger partial charge < -0.3 is 10.3 Å².